The van der Waals surface area contributed by atoms with Crippen molar-refractivity contribution in [2.24, 2.45) is 0 Å². The van der Waals surface area contributed by atoms with Crippen LogP contribution in [0.2, 0.25) is 0 Å². The van der Waals surface area contributed by atoms with Gasteiger partial charge in [0, 0.05) is 0 Å². The van der Waals surface area contributed by atoms with Gasteiger partial charge in [-0.2, -0.15) is 0 Å². The molecule has 0 aromatic heterocycles. The Morgan fingerprint density at radius 1 is 0.438 bits per heavy atom. The van der Waals surface area contributed by atoms with Crippen LogP contribution in [0.1, 0.15) is 182 Å². The summed E-state index contributed by atoms with van der Waals surface area (Å²) in [5.74, 6) is 0. The molecule has 0 unspecified atom stereocenters. The molecule has 14 heteroatoms. The molecular weight excluding hydrogens is 694 g/mol. The summed E-state index contributed by atoms with van der Waals surface area (Å²) >= 11 is -2.52. The second-order valence-electron chi connectivity index (χ2n) is 12.3. The van der Waals surface area contributed by atoms with Gasteiger partial charge in [-0.05, 0) is 25.7 Å². The average Bonchev–Trinajstić information content (AvgIpc) is 3.54. The Labute approximate surface area is 301 Å². The molecule has 1 aliphatic rings. The van der Waals surface area contributed by atoms with Crippen molar-refractivity contribution < 1.29 is 65.6 Å². The van der Waals surface area contributed by atoms with E-state index < -0.39 is 34.3 Å². The molecule has 1 fully saturated rings. The third kappa shape index (κ3) is 42.8. The second kappa shape index (κ2) is 38.9. The van der Waals surface area contributed by atoms with Gasteiger partial charge >= 0.3 is 57.4 Å². The summed E-state index contributed by atoms with van der Waals surface area (Å²) < 4.78 is 62.2. The Morgan fingerprint density at radius 2 is 0.646 bits per heavy atom. The molecule has 11 nitrogen and oxygen atoms in total. The number of unbranched alkanes of at least 4 members (excludes halogenated alkanes) is 20. The van der Waals surface area contributed by atoms with Crippen LogP contribution in [0.4, 0.5) is 0 Å². The van der Waals surface area contributed by atoms with Gasteiger partial charge in [0.05, 0.1) is 26.4 Å². The molecular formula is C34H74O11P2Ti. The maximum absolute atomic E-state index is 11.6. The quantitative estimate of drug-likeness (QED) is 0.0383. The third-order valence-electron chi connectivity index (χ3n) is 7.53. The minimum absolute atomic E-state index is 0.316. The Bertz CT molecular complexity index is 673. The van der Waals surface area contributed by atoms with Gasteiger partial charge in [0.2, 0.25) is 0 Å². The summed E-state index contributed by atoms with van der Waals surface area (Å²) in [5.41, 5.74) is 0. The van der Waals surface area contributed by atoms with E-state index in [9.17, 15) is 22.2 Å². The molecule has 0 spiro atoms. The standard InChI is InChI=1S/2C16H35O4P.C2H4O2.O.Ti/c2*1-3-5-7-9-11-13-15-19-21(17,18)20-16-14-12-10-8-6-4-2;3-1-2-4;;/h2*3-16H2,1-2H3,(H,17,18);1-2H2;;/q;;-2;;+2. The molecule has 0 aliphatic carbocycles. The Hall–Kier alpha value is 0.654. The second-order valence-corrected chi connectivity index (χ2v) is 16.9. The van der Waals surface area contributed by atoms with E-state index >= 15 is 0 Å². The molecule has 1 saturated heterocycles. The van der Waals surface area contributed by atoms with Gasteiger partial charge in [-0.15, -0.1) is 0 Å². The van der Waals surface area contributed by atoms with Crippen molar-refractivity contribution in [2.45, 2.75) is 182 Å². The van der Waals surface area contributed by atoms with Gasteiger partial charge in [-0.1, -0.05) is 156 Å². The van der Waals surface area contributed by atoms with Gasteiger partial charge in [-0.25, -0.2) is 9.13 Å². The van der Waals surface area contributed by atoms with Crippen LogP contribution in [0, 0.1) is 0 Å². The predicted molar refractivity (Wildman–Crippen MR) is 190 cm³/mol. The fraction of sp³-hybridized carbons (Fsp3) is 1.00. The normalized spacial score (nSPS) is 13.2. The molecule has 1 heterocycles. The van der Waals surface area contributed by atoms with Gasteiger partial charge in [0.25, 0.3) is 0 Å². The first-order chi connectivity index (χ1) is 23.1. The summed E-state index contributed by atoms with van der Waals surface area (Å²) in [6.07, 6.45) is 27.1. The van der Waals surface area contributed by atoms with E-state index in [1.54, 1.807) is 0 Å². The number of hydrogen-bond acceptors (Lipinski definition) is 9. The fourth-order valence-electron chi connectivity index (χ4n) is 4.62. The van der Waals surface area contributed by atoms with Crippen molar-refractivity contribution in [3.05, 3.63) is 0 Å². The van der Waals surface area contributed by atoms with E-state index in [0.29, 0.717) is 39.6 Å². The maximum atomic E-state index is 11.6. The molecule has 48 heavy (non-hydrogen) atoms. The molecule has 0 aromatic rings. The zero-order valence-corrected chi connectivity index (χ0v) is 34.5. The summed E-state index contributed by atoms with van der Waals surface area (Å²) in [7, 11) is -7.63. The summed E-state index contributed by atoms with van der Waals surface area (Å²) in [6.45, 7) is 11.1. The van der Waals surface area contributed by atoms with Gasteiger partial charge in [0.15, 0.2) is 0 Å². The van der Waals surface area contributed by atoms with E-state index in [1.165, 1.54) is 103 Å². The van der Waals surface area contributed by atoms with Crippen LogP contribution in [0.25, 0.3) is 0 Å². The number of phosphoric ester groups is 2. The number of hydrogen-bond donors (Lipinski definition) is 2. The first-order valence-electron chi connectivity index (χ1n) is 19.2. The van der Waals surface area contributed by atoms with Crippen molar-refractivity contribution in [2.75, 3.05) is 39.6 Å². The Balaban J connectivity index is 0. The van der Waals surface area contributed by atoms with E-state index in [4.69, 9.17) is 18.1 Å². The molecule has 1 aliphatic heterocycles. The number of phosphoric acid groups is 2. The molecule has 0 saturated carbocycles. The Kier molecular flexibility index (Phi) is 41.1. The van der Waals surface area contributed by atoms with Crippen LogP contribution >= 0.6 is 15.6 Å². The van der Waals surface area contributed by atoms with Crippen LogP contribution in [0.15, 0.2) is 0 Å². The van der Waals surface area contributed by atoms with Gasteiger partial charge in [-0.3, -0.25) is 18.1 Å². The first-order valence-corrected chi connectivity index (χ1v) is 24.1. The van der Waals surface area contributed by atoms with Crippen molar-refractivity contribution in [3.63, 3.8) is 0 Å². The van der Waals surface area contributed by atoms with E-state index in [0.717, 1.165) is 51.4 Å². The zero-order valence-electron chi connectivity index (χ0n) is 31.2. The van der Waals surface area contributed by atoms with E-state index in [-0.39, 0.29) is 0 Å². The van der Waals surface area contributed by atoms with Crippen LogP contribution in [-0.2, 0) is 55.8 Å². The molecule has 290 valence electrons. The predicted octanol–water partition coefficient (Wildman–Crippen LogP) is 11.5. The van der Waals surface area contributed by atoms with Crippen molar-refractivity contribution in [3.8, 4) is 0 Å². The number of rotatable bonds is 32. The van der Waals surface area contributed by atoms with Crippen molar-refractivity contribution >= 4 is 15.6 Å². The van der Waals surface area contributed by atoms with Crippen LogP contribution in [-0.4, -0.2) is 49.4 Å². The van der Waals surface area contributed by atoms with Crippen LogP contribution in [0.3, 0.4) is 0 Å². The fourth-order valence-corrected chi connectivity index (χ4v) is 7.11. The molecule has 0 amide bonds. The SMILES string of the molecule is CCCCCCCCOP(=O)(O)OCCCCCCCC.CCCCCCCCOP(=O)(O)OCCCCCCCC.[O]=[Ti]1[O]CC[O]1. The third-order valence-corrected chi connectivity index (χ3v) is 10.9. The summed E-state index contributed by atoms with van der Waals surface area (Å²) in [4.78, 5) is 19.0. The molecule has 0 bridgehead atoms. The van der Waals surface area contributed by atoms with E-state index in [2.05, 4.69) is 34.3 Å². The van der Waals surface area contributed by atoms with Crippen molar-refractivity contribution in [1.82, 2.24) is 0 Å². The molecule has 2 N–H and O–H groups in total. The first kappa shape index (κ1) is 50.8. The topological polar surface area (TPSA) is 147 Å². The van der Waals surface area contributed by atoms with Gasteiger partial charge in [0.1, 0.15) is 0 Å². The van der Waals surface area contributed by atoms with Crippen LogP contribution < -0.4 is 0 Å². The average molecular weight is 769 g/mol. The molecule has 0 atom stereocenters. The Morgan fingerprint density at radius 3 is 0.833 bits per heavy atom. The molecule has 1 rings (SSSR count). The summed E-state index contributed by atoms with van der Waals surface area (Å²) in [6, 6.07) is 0. The van der Waals surface area contributed by atoms with Gasteiger partial charge < -0.3 is 9.79 Å². The summed E-state index contributed by atoms with van der Waals surface area (Å²) in [5, 5.41) is 0. The molecule has 0 aromatic carbocycles. The zero-order chi connectivity index (χ0) is 36.0. The monoisotopic (exact) mass is 768 g/mol. The molecule has 0 radical (unpaired) electrons. The van der Waals surface area contributed by atoms with Crippen LogP contribution in [0.5, 0.6) is 0 Å². The van der Waals surface area contributed by atoms with Crippen molar-refractivity contribution in [1.29, 1.82) is 0 Å². The van der Waals surface area contributed by atoms with E-state index in [1.807, 2.05) is 0 Å². The minimum atomic E-state index is -3.82.